The number of morpholine rings is 1. The maximum atomic E-state index is 12.7. The highest BCUT2D eigenvalue weighted by molar-refractivity contribution is 5.89. The van der Waals surface area contributed by atoms with Crippen molar-refractivity contribution in [1.82, 2.24) is 15.1 Å². The zero-order valence-electron chi connectivity index (χ0n) is 13.0. The maximum Gasteiger partial charge on any atom is 0.245 e. The Balaban J connectivity index is 0.00000176. The molecule has 7 heteroatoms. The van der Waals surface area contributed by atoms with Gasteiger partial charge in [-0.15, -0.1) is 12.4 Å². The average Bonchev–Trinajstić information content (AvgIpc) is 3.09. The van der Waals surface area contributed by atoms with E-state index < -0.39 is 0 Å². The van der Waals surface area contributed by atoms with Gasteiger partial charge in [0, 0.05) is 26.2 Å². The molecule has 0 radical (unpaired) electrons. The predicted molar refractivity (Wildman–Crippen MR) is 85.0 cm³/mol. The van der Waals surface area contributed by atoms with Gasteiger partial charge < -0.3 is 19.9 Å². The molecular formula is C15H26ClN3O3. The van der Waals surface area contributed by atoms with E-state index in [0.29, 0.717) is 26.3 Å². The van der Waals surface area contributed by atoms with Gasteiger partial charge in [-0.05, 0) is 32.2 Å². The second-order valence-electron chi connectivity index (χ2n) is 6.17. The van der Waals surface area contributed by atoms with Crippen LogP contribution in [0.3, 0.4) is 0 Å². The van der Waals surface area contributed by atoms with Crippen LogP contribution < -0.4 is 5.32 Å². The summed E-state index contributed by atoms with van der Waals surface area (Å²) >= 11 is 0. The van der Waals surface area contributed by atoms with E-state index in [4.69, 9.17) is 4.74 Å². The highest BCUT2D eigenvalue weighted by Gasteiger charge is 2.38. The predicted octanol–water partition coefficient (Wildman–Crippen LogP) is 0.258. The molecule has 3 rings (SSSR count). The number of piperidine rings is 1. The largest absolute Gasteiger partial charge is 0.378 e. The van der Waals surface area contributed by atoms with Gasteiger partial charge >= 0.3 is 0 Å². The molecule has 3 fully saturated rings. The van der Waals surface area contributed by atoms with E-state index in [9.17, 15) is 9.59 Å². The van der Waals surface area contributed by atoms with Crippen molar-refractivity contribution in [2.24, 2.45) is 5.92 Å². The van der Waals surface area contributed by atoms with Crippen LogP contribution in [0.25, 0.3) is 0 Å². The van der Waals surface area contributed by atoms with Gasteiger partial charge in [0.15, 0.2) is 0 Å². The van der Waals surface area contributed by atoms with Crippen LogP contribution in [0.15, 0.2) is 0 Å². The van der Waals surface area contributed by atoms with Gasteiger partial charge in [0.1, 0.15) is 6.04 Å². The number of hydrogen-bond donors (Lipinski definition) is 1. The molecule has 126 valence electrons. The minimum absolute atomic E-state index is 0. The van der Waals surface area contributed by atoms with Crippen molar-refractivity contribution in [3.05, 3.63) is 0 Å². The maximum absolute atomic E-state index is 12.7. The molecule has 2 atom stereocenters. The molecule has 3 heterocycles. The highest BCUT2D eigenvalue weighted by atomic mass is 35.5. The number of hydrogen-bond acceptors (Lipinski definition) is 4. The van der Waals surface area contributed by atoms with Crippen LogP contribution in [0.5, 0.6) is 0 Å². The summed E-state index contributed by atoms with van der Waals surface area (Å²) in [6, 6.07) is -0.245. The molecule has 0 aliphatic carbocycles. The Morgan fingerprint density at radius 3 is 2.45 bits per heavy atom. The van der Waals surface area contributed by atoms with Gasteiger partial charge in [0.2, 0.25) is 11.8 Å². The number of nitrogens with one attached hydrogen (secondary N) is 1. The van der Waals surface area contributed by atoms with E-state index >= 15 is 0 Å². The van der Waals surface area contributed by atoms with Crippen molar-refractivity contribution in [2.75, 3.05) is 45.9 Å². The van der Waals surface area contributed by atoms with Crippen molar-refractivity contribution in [3.8, 4) is 0 Å². The van der Waals surface area contributed by atoms with E-state index in [1.807, 2.05) is 9.80 Å². The molecule has 0 aromatic carbocycles. The van der Waals surface area contributed by atoms with Gasteiger partial charge in [-0.3, -0.25) is 9.59 Å². The Kier molecular flexibility index (Phi) is 6.47. The summed E-state index contributed by atoms with van der Waals surface area (Å²) in [6.45, 7) is 4.93. The van der Waals surface area contributed by atoms with Crippen LogP contribution in [0, 0.1) is 5.92 Å². The van der Waals surface area contributed by atoms with Crippen molar-refractivity contribution in [1.29, 1.82) is 0 Å². The zero-order chi connectivity index (χ0) is 14.7. The number of rotatable bonds is 2. The third kappa shape index (κ3) is 3.73. The van der Waals surface area contributed by atoms with Crippen molar-refractivity contribution < 1.29 is 14.3 Å². The minimum atomic E-state index is -0.245. The number of likely N-dealkylation sites (tertiary alicyclic amines) is 1. The number of ether oxygens (including phenoxy) is 1. The van der Waals surface area contributed by atoms with Crippen LogP contribution >= 0.6 is 12.4 Å². The lowest BCUT2D eigenvalue weighted by atomic mass is 9.97. The van der Waals surface area contributed by atoms with Gasteiger partial charge in [-0.1, -0.05) is 0 Å². The van der Waals surface area contributed by atoms with Gasteiger partial charge in [0.25, 0.3) is 0 Å². The molecular weight excluding hydrogens is 306 g/mol. The number of halogens is 1. The fourth-order valence-electron chi connectivity index (χ4n) is 3.55. The van der Waals surface area contributed by atoms with E-state index in [1.54, 1.807) is 0 Å². The fourth-order valence-corrected chi connectivity index (χ4v) is 3.55. The Hall–Kier alpha value is -0.850. The lowest BCUT2D eigenvalue weighted by molar-refractivity contribution is -0.151. The standard InChI is InChI=1S/C15H25N3O3.ClH/c19-14(12-4-5-16-11-12)18-6-2-1-3-13(18)15(20)17-7-9-21-10-8-17;/h12-13,16H,1-11H2;1H. The molecule has 3 aliphatic rings. The molecule has 6 nitrogen and oxygen atoms in total. The zero-order valence-corrected chi connectivity index (χ0v) is 13.8. The first-order valence-electron chi connectivity index (χ1n) is 8.15. The summed E-state index contributed by atoms with van der Waals surface area (Å²) in [5.74, 6) is 0.353. The summed E-state index contributed by atoms with van der Waals surface area (Å²) < 4.78 is 5.31. The van der Waals surface area contributed by atoms with Crippen molar-refractivity contribution in [2.45, 2.75) is 31.7 Å². The Morgan fingerprint density at radius 2 is 1.77 bits per heavy atom. The van der Waals surface area contributed by atoms with E-state index in [-0.39, 0.29) is 36.2 Å². The fraction of sp³-hybridized carbons (Fsp3) is 0.867. The van der Waals surface area contributed by atoms with Crippen LogP contribution in [-0.2, 0) is 14.3 Å². The molecule has 2 unspecified atom stereocenters. The lowest BCUT2D eigenvalue weighted by Crippen LogP contribution is -2.56. The molecule has 0 bridgehead atoms. The van der Waals surface area contributed by atoms with Gasteiger partial charge in [-0.2, -0.15) is 0 Å². The highest BCUT2D eigenvalue weighted by Crippen LogP contribution is 2.23. The number of carbonyl (C=O) groups is 2. The molecule has 3 saturated heterocycles. The molecule has 1 N–H and O–H groups in total. The molecule has 22 heavy (non-hydrogen) atoms. The topological polar surface area (TPSA) is 61.9 Å². The first kappa shape index (κ1) is 17.5. The minimum Gasteiger partial charge on any atom is -0.378 e. The van der Waals surface area contributed by atoms with Gasteiger partial charge in [-0.25, -0.2) is 0 Å². The number of nitrogens with zero attached hydrogens (tertiary/aromatic N) is 2. The average molecular weight is 332 g/mol. The Labute approximate surface area is 137 Å². The number of amides is 2. The molecule has 0 saturated carbocycles. The quantitative estimate of drug-likeness (QED) is 0.788. The normalized spacial score (nSPS) is 29.1. The first-order chi connectivity index (χ1) is 10.3. The third-order valence-electron chi connectivity index (χ3n) is 4.80. The molecule has 0 aromatic rings. The SMILES string of the molecule is Cl.O=C(C1CCCCN1C(=O)C1CCNC1)N1CCOCC1. The lowest BCUT2D eigenvalue weighted by Gasteiger charge is -2.39. The first-order valence-corrected chi connectivity index (χ1v) is 8.15. The van der Waals surface area contributed by atoms with E-state index in [0.717, 1.165) is 45.3 Å². The summed E-state index contributed by atoms with van der Waals surface area (Å²) in [7, 11) is 0. The molecule has 2 amide bonds. The van der Waals surface area contributed by atoms with Crippen LogP contribution in [-0.4, -0.2) is 73.6 Å². The third-order valence-corrected chi connectivity index (χ3v) is 4.80. The Morgan fingerprint density at radius 1 is 1.00 bits per heavy atom. The summed E-state index contributed by atoms with van der Waals surface area (Å²) in [6.07, 6.45) is 3.75. The van der Waals surface area contributed by atoms with E-state index in [1.165, 1.54) is 0 Å². The van der Waals surface area contributed by atoms with Crippen LogP contribution in [0.4, 0.5) is 0 Å². The van der Waals surface area contributed by atoms with Crippen LogP contribution in [0.1, 0.15) is 25.7 Å². The second-order valence-corrected chi connectivity index (χ2v) is 6.17. The summed E-state index contributed by atoms with van der Waals surface area (Å²) in [5.41, 5.74) is 0. The van der Waals surface area contributed by atoms with Gasteiger partial charge in [0.05, 0.1) is 19.1 Å². The smallest absolute Gasteiger partial charge is 0.245 e. The van der Waals surface area contributed by atoms with Crippen molar-refractivity contribution in [3.63, 3.8) is 0 Å². The molecule has 3 aliphatic heterocycles. The summed E-state index contributed by atoms with van der Waals surface area (Å²) in [4.78, 5) is 29.2. The second kappa shape index (κ2) is 8.13. The number of carbonyl (C=O) groups excluding carboxylic acids is 2. The monoisotopic (exact) mass is 331 g/mol. The van der Waals surface area contributed by atoms with Crippen LogP contribution in [0.2, 0.25) is 0 Å². The van der Waals surface area contributed by atoms with E-state index in [2.05, 4.69) is 5.32 Å². The molecule has 0 aromatic heterocycles. The van der Waals surface area contributed by atoms with Crippen molar-refractivity contribution >= 4 is 24.2 Å². The molecule has 0 spiro atoms. The Bertz CT molecular complexity index is 395. The summed E-state index contributed by atoms with van der Waals surface area (Å²) in [5, 5.41) is 3.24.